The van der Waals surface area contributed by atoms with Crippen LogP contribution in [0.1, 0.15) is 11.4 Å². The van der Waals surface area contributed by atoms with Gasteiger partial charge >= 0.3 is 0 Å². The maximum Gasteiger partial charge on any atom is 0.177 e. The van der Waals surface area contributed by atoms with E-state index in [9.17, 15) is 0 Å². The van der Waals surface area contributed by atoms with Gasteiger partial charge in [-0.25, -0.2) is 4.68 Å². The number of rotatable bonds is 4. The summed E-state index contributed by atoms with van der Waals surface area (Å²) in [6, 6.07) is 10.1. The fourth-order valence-corrected chi connectivity index (χ4v) is 1.33. The molecule has 0 aliphatic heterocycles. The first-order valence-corrected chi connectivity index (χ1v) is 4.68. The Bertz CT molecular complexity index is 412. The van der Waals surface area contributed by atoms with Crippen molar-refractivity contribution >= 4 is 0 Å². The van der Waals surface area contributed by atoms with Gasteiger partial charge in [0.2, 0.25) is 0 Å². The van der Waals surface area contributed by atoms with Crippen molar-refractivity contribution in [3.8, 4) is 0 Å². The number of tetrazole rings is 1. The lowest BCUT2D eigenvalue weighted by Gasteiger charge is -2.03. The molecule has 0 unspecified atom stereocenters. The van der Waals surface area contributed by atoms with Gasteiger partial charge < -0.3 is 4.74 Å². The normalized spacial score (nSPS) is 10.5. The zero-order chi connectivity index (χ0) is 10.5. The zero-order valence-electron chi connectivity index (χ0n) is 8.50. The molecular weight excluding hydrogens is 192 g/mol. The zero-order valence-corrected chi connectivity index (χ0v) is 8.50. The summed E-state index contributed by atoms with van der Waals surface area (Å²) in [5.74, 6) is 0.737. The highest BCUT2D eigenvalue weighted by Gasteiger charge is 2.05. The molecule has 0 atom stereocenters. The van der Waals surface area contributed by atoms with E-state index in [0.29, 0.717) is 13.2 Å². The van der Waals surface area contributed by atoms with Gasteiger partial charge in [-0.1, -0.05) is 30.3 Å². The standard InChI is InChI=1S/C10H12N4O/c1-15-8-10-11-12-13-14(10)7-9-5-3-2-4-6-9/h2-6H,7-8H2,1H3. The molecule has 0 N–H and O–H groups in total. The van der Waals surface area contributed by atoms with Crippen LogP contribution in [0, 0.1) is 0 Å². The van der Waals surface area contributed by atoms with E-state index < -0.39 is 0 Å². The van der Waals surface area contributed by atoms with Crippen LogP contribution in [-0.2, 0) is 17.9 Å². The minimum absolute atomic E-state index is 0.430. The van der Waals surface area contributed by atoms with Gasteiger partial charge in [0.15, 0.2) is 5.82 Å². The van der Waals surface area contributed by atoms with E-state index >= 15 is 0 Å². The number of aromatic nitrogens is 4. The van der Waals surface area contributed by atoms with Crippen LogP contribution in [0.3, 0.4) is 0 Å². The molecule has 0 amide bonds. The molecule has 78 valence electrons. The molecule has 0 spiro atoms. The van der Waals surface area contributed by atoms with Gasteiger partial charge in [-0.15, -0.1) is 5.10 Å². The van der Waals surface area contributed by atoms with Crippen LogP contribution in [-0.4, -0.2) is 27.3 Å². The quantitative estimate of drug-likeness (QED) is 0.741. The molecule has 0 bridgehead atoms. The molecule has 1 heterocycles. The van der Waals surface area contributed by atoms with Crippen molar-refractivity contribution in [1.29, 1.82) is 0 Å². The monoisotopic (exact) mass is 204 g/mol. The highest BCUT2D eigenvalue weighted by Crippen LogP contribution is 2.03. The van der Waals surface area contributed by atoms with Gasteiger partial charge in [0.25, 0.3) is 0 Å². The Morgan fingerprint density at radius 3 is 2.80 bits per heavy atom. The molecule has 0 saturated heterocycles. The minimum atomic E-state index is 0.430. The molecular formula is C10H12N4O. The fourth-order valence-electron chi connectivity index (χ4n) is 1.33. The maximum atomic E-state index is 5.00. The summed E-state index contributed by atoms with van der Waals surface area (Å²) in [5.41, 5.74) is 1.17. The third-order valence-corrected chi connectivity index (χ3v) is 2.05. The second-order valence-electron chi connectivity index (χ2n) is 3.17. The molecule has 5 nitrogen and oxygen atoms in total. The average molecular weight is 204 g/mol. The molecule has 1 aromatic carbocycles. The van der Waals surface area contributed by atoms with Crippen LogP contribution >= 0.6 is 0 Å². The maximum absolute atomic E-state index is 5.00. The molecule has 0 radical (unpaired) electrons. The van der Waals surface area contributed by atoms with Crippen LogP contribution in [0.4, 0.5) is 0 Å². The third kappa shape index (κ3) is 2.38. The largest absolute Gasteiger partial charge is 0.377 e. The van der Waals surface area contributed by atoms with E-state index in [0.717, 1.165) is 5.82 Å². The second kappa shape index (κ2) is 4.65. The number of hydrogen-bond acceptors (Lipinski definition) is 4. The van der Waals surface area contributed by atoms with E-state index in [1.807, 2.05) is 30.3 Å². The van der Waals surface area contributed by atoms with E-state index in [2.05, 4.69) is 15.5 Å². The Balaban J connectivity index is 2.14. The minimum Gasteiger partial charge on any atom is -0.377 e. The predicted molar refractivity (Wildman–Crippen MR) is 54.1 cm³/mol. The molecule has 0 saturated carbocycles. The van der Waals surface area contributed by atoms with Gasteiger partial charge in [-0.05, 0) is 16.0 Å². The Morgan fingerprint density at radius 1 is 1.27 bits per heavy atom. The lowest BCUT2D eigenvalue weighted by atomic mass is 10.2. The Hall–Kier alpha value is -1.75. The first-order valence-electron chi connectivity index (χ1n) is 4.68. The summed E-state index contributed by atoms with van der Waals surface area (Å²) in [7, 11) is 1.63. The van der Waals surface area contributed by atoms with Gasteiger partial charge in [0.1, 0.15) is 6.61 Å². The molecule has 2 aromatic rings. The van der Waals surface area contributed by atoms with E-state index in [1.54, 1.807) is 11.8 Å². The molecule has 0 fully saturated rings. The number of hydrogen-bond donors (Lipinski definition) is 0. The van der Waals surface area contributed by atoms with E-state index in [-0.39, 0.29) is 0 Å². The van der Waals surface area contributed by atoms with Gasteiger partial charge in [0.05, 0.1) is 6.54 Å². The topological polar surface area (TPSA) is 52.8 Å². The first-order chi connectivity index (χ1) is 7.40. The Kier molecular flexibility index (Phi) is 3.04. The Morgan fingerprint density at radius 2 is 2.07 bits per heavy atom. The molecule has 0 aliphatic carbocycles. The molecule has 5 heteroatoms. The molecule has 0 aliphatic rings. The van der Waals surface area contributed by atoms with Crippen molar-refractivity contribution < 1.29 is 4.74 Å². The number of ether oxygens (including phenoxy) is 1. The van der Waals surface area contributed by atoms with Crippen LogP contribution in [0.15, 0.2) is 30.3 Å². The van der Waals surface area contributed by atoms with Crippen molar-refractivity contribution in [2.24, 2.45) is 0 Å². The van der Waals surface area contributed by atoms with Crippen LogP contribution < -0.4 is 0 Å². The fraction of sp³-hybridized carbons (Fsp3) is 0.300. The first kappa shape index (κ1) is 9.79. The van der Waals surface area contributed by atoms with Crippen molar-refractivity contribution in [2.75, 3.05) is 7.11 Å². The van der Waals surface area contributed by atoms with Crippen LogP contribution in [0.25, 0.3) is 0 Å². The van der Waals surface area contributed by atoms with E-state index in [4.69, 9.17) is 4.74 Å². The predicted octanol–water partition coefficient (Wildman–Crippen LogP) is 0.868. The third-order valence-electron chi connectivity index (χ3n) is 2.05. The van der Waals surface area contributed by atoms with Crippen molar-refractivity contribution in [1.82, 2.24) is 20.2 Å². The smallest absolute Gasteiger partial charge is 0.177 e. The lowest BCUT2D eigenvalue weighted by molar-refractivity contribution is 0.173. The van der Waals surface area contributed by atoms with Crippen molar-refractivity contribution in [3.63, 3.8) is 0 Å². The van der Waals surface area contributed by atoms with Crippen LogP contribution in [0.5, 0.6) is 0 Å². The number of benzene rings is 1. The summed E-state index contributed by atoms with van der Waals surface area (Å²) in [6.07, 6.45) is 0. The summed E-state index contributed by atoms with van der Waals surface area (Å²) in [4.78, 5) is 0. The van der Waals surface area contributed by atoms with Crippen molar-refractivity contribution in [3.05, 3.63) is 41.7 Å². The lowest BCUT2D eigenvalue weighted by Crippen LogP contribution is -2.07. The van der Waals surface area contributed by atoms with Gasteiger partial charge in [-0.2, -0.15) is 0 Å². The Labute approximate surface area is 87.7 Å². The molecule has 1 aromatic heterocycles. The highest BCUT2D eigenvalue weighted by molar-refractivity contribution is 5.14. The van der Waals surface area contributed by atoms with Crippen LogP contribution in [0.2, 0.25) is 0 Å². The number of nitrogens with zero attached hydrogens (tertiary/aromatic N) is 4. The second-order valence-corrected chi connectivity index (χ2v) is 3.17. The SMILES string of the molecule is COCc1nnnn1Cc1ccccc1. The summed E-state index contributed by atoms with van der Waals surface area (Å²) >= 11 is 0. The molecule has 15 heavy (non-hydrogen) atoms. The van der Waals surface area contributed by atoms with Gasteiger partial charge in [-0.3, -0.25) is 0 Å². The van der Waals surface area contributed by atoms with Gasteiger partial charge in [0, 0.05) is 7.11 Å². The average Bonchev–Trinajstić information content (AvgIpc) is 2.68. The summed E-state index contributed by atoms with van der Waals surface area (Å²) < 4.78 is 6.74. The summed E-state index contributed by atoms with van der Waals surface area (Å²) in [6.45, 7) is 1.10. The molecule has 2 rings (SSSR count). The van der Waals surface area contributed by atoms with E-state index in [1.165, 1.54) is 5.56 Å². The highest BCUT2D eigenvalue weighted by atomic mass is 16.5. The van der Waals surface area contributed by atoms with Crippen molar-refractivity contribution in [2.45, 2.75) is 13.2 Å². The summed E-state index contributed by atoms with van der Waals surface area (Å²) in [5, 5.41) is 11.4. The number of methoxy groups -OCH3 is 1.